The molecule has 2 atom stereocenters. The molecule has 1 heterocycles. The van der Waals surface area contributed by atoms with Crippen LogP contribution in [0.1, 0.15) is 17.0 Å². The van der Waals surface area contributed by atoms with Crippen LogP contribution in [0.2, 0.25) is 0 Å². The number of halogens is 2. The Kier molecular flexibility index (Phi) is 5.27. The van der Waals surface area contributed by atoms with Crippen LogP contribution in [-0.2, 0) is 11.3 Å². The molecule has 2 aromatic rings. The highest BCUT2D eigenvalue weighted by Crippen LogP contribution is 2.35. The number of rotatable bonds is 4. The summed E-state index contributed by atoms with van der Waals surface area (Å²) in [5.41, 5.74) is 12.2. The predicted octanol–water partition coefficient (Wildman–Crippen LogP) is 1.98. The summed E-state index contributed by atoms with van der Waals surface area (Å²) in [4.78, 5) is 18.1. The predicted molar refractivity (Wildman–Crippen MR) is 95.1 cm³/mol. The van der Waals surface area contributed by atoms with Gasteiger partial charge in [-0.15, -0.1) is 0 Å². The van der Waals surface area contributed by atoms with Crippen LogP contribution in [0, 0.1) is 17.6 Å². The lowest BCUT2D eigenvalue weighted by molar-refractivity contribution is -0.121. The van der Waals surface area contributed by atoms with Crippen molar-refractivity contribution in [2.45, 2.75) is 12.5 Å². The summed E-state index contributed by atoms with van der Waals surface area (Å²) in [6.07, 6.45) is 0. The van der Waals surface area contributed by atoms with Gasteiger partial charge in [0.05, 0.1) is 5.92 Å². The van der Waals surface area contributed by atoms with E-state index in [2.05, 4.69) is 9.89 Å². The monoisotopic (exact) mass is 358 g/mol. The fourth-order valence-electron chi connectivity index (χ4n) is 3.44. The van der Waals surface area contributed by atoms with Crippen LogP contribution >= 0.6 is 0 Å². The minimum Gasteiger partial charge on any atom is -0.370 e. The zero-order valence-electron chi connectivity index (χ0n) is 14.1. The van der Waals surface area contributed by atoms with Crippen molar-refractivity contribution >= 4 is 11.9 Å². The largest absolute Gasteiger partial charge is 0.370 e. The number of nitrogens with two attached hydrogens (primary N) is 2. The van der Waals surface area contributed by atoms with E-state index < -0.39 is 23.5 Å². The van der Waals surface area contributed by atoms with Crippen LogP contribution < -0.4 is 11.5 Å². The van der Waals surface area contributed by atoms with Gasteiger partial charge in [0.2, 0.25) is 0 Å². The number of carbonyl (C=O) groups is 1. The molecule has 3 rings (SSSR count). The van der Waals surface area contributed by atoms with Crippen LogP contribution in [0.5, 0.6) is 0 Å². The third kappa shape index (κ3) is 4.23. The van der Waals surface area contributed by atoms with Crippen molar-refractivity contribution in [3.63, 3.8) is 0 Å². The highest BCUT2D eigenvalue weighted by molar-refractivity contribution is 5.93. The summed E-state index contributed by atoms with van der Waals surface area (Å²) < 4.78 is 27.3. The molecular weight excluding hydrogens is 338 g/mol. The molecule has 4 N–H and O–H groups in total. The van der Waals surface area contributed by atoms with Crippen LogP contribution in [0.15, 0.2) is 53.5 Å². The van der Waals surface area contributed by atoms with Gasteiger partial charge >= 0.3 is 0 Å². The quantitative estimate of drug-likeness (QED) is 0.647. The van der Waals surface area contributed by atoms with Crippen LogP contribution in [0.25, 0.3) is 0 Å². The van der Waals surface area contributed by atoms with Crippen LogP contribution in [0.3, 0.4) is 0 Å². The molecule has 1 saturated heterocycles. The van der Waals surface area contributed by atoms with E-state index in [1.807, 2.05) is 30.3 Å². The topological polar surface area (TPSA) is 84.7 Å². The third-order valence-electron chi connectivity index (χ3n) is 4.51. The van der Waals surface area contributed by atoms with Crippen molar-refractivity contribution in [1.82, 2.24) is 4.90 Å². The molecule has 0 bridgehead atoms. The number of amides is 1. The van der Waals surface area contributed by atoms with E-state index >= 15 is 0 Å². The molecule has 1 amide bonds. The summed E-state index contributed by atoms with van der Waals surface area (Å²) in [6, 6.07) is 13.1. The third-order valence-corrected chi connectivity index (χ3v) is 4.51. The molecule has 26 heavy (non-hydrogen) atoms. The number of guanidine groups is 1. The molecule has 136 valence electrons. The summed E-state index contributed by atoms with van der Waals surface area (Å²) in [6.45, 7) is 1.52. The maximum absolute atomic E-state index is 13.7. The number of likely N-dealkylation sites (tertiary alicyclic amines) is 1. The van der Waals surface area contributed by atoms with Gasteiger partial charge in [0, 0.05) is 31.6 Å². The Labute approximate surface area is 150 Å². The number of nitrogens with zero attached hydrogens (tertiary/aromatic N) is 2. The van der Waals surface area contributed by atoms with Gasteiger partial charge in [0.1, 0.15) is 11.6 Å². The lowest BCUT2D eigenvalue weighted by Gasteiger charge is -2.16. The van der Waals surface area contributed by atoms with E-state index in [1.54, 1.807) is 0 Å². The van der Waals surface area contributed by atoms with E-state index in [4.69, 9.17) is 11.5 Å². The zero-order chi connectivity index (χ0) is 18.7. The molecule has 1 aliphatic rings. The van der Waals surface area contributed by atoms with E-state index in [9.17, 15) is 13.6 Å². The molecule has 0 radical (unpaired) electrons. The van der Waals surface area contributed by atoms with Crippen LogP contribution in [0.4, 0.5) is 8.78 Å². The first-order valence-electron chi connectivity index (χ1n) is 8.28. The molecule has 5 nitrogen and oxygen atoms in total. The number of aliphatic imine (C=N–C) groups is 1. The van der Waals surface area contributed by atoms with E-state index in [-0.39, 0.29) is 11.9 Å². The Morgan fingerprint density at radius 1 is 1.08 bits per heavy atom. The molecule has 0 saturated carbocycles. The van der Waals surface area contributed by atoms with Crippen molar-refractivity contribution < 1.29 is 13.6 Å². The molecule has 0 aromatic heterocycles. The maximum Gasteiger partial charge on any atom is 0.253 e. The maximum atomic E-state index is 13.7. The van der Waals surface area contributed by atoms with Gasteiger partial charge in [-0.05, 0) is 23.3 Å². The average molecular weight is 358 g/mol. The molecule has 0 aliphatic carbocycles. The number of carbonyl (C=O) groups excluding carboxylic acids is 1. The van der Waals surface area contributed by atoms with Gasteiger partial charge in [-0.2, -0.15) is 4.99 Å². The van der Waals surface area contributed by atoms with Crippen LogP contribution in [-0.4, -0.2) is 29.9 Å². The van der Waals surface area contributed by atoms with E-state index in [1.165, 1.54) is 12.1 Å². The lowest BCUT2D eigenvalue weighted by atomic mass is 9.88. The molecule has 2 aromatic carbocycles. The number of benzene rings is 2. The SMILES string of the molecule is NC(N)=NC(=O)[C@H]1CN(Cc2ccccc2)C[C@@H]1c1cc(F)cc(F)c1. The Morgan fingerprint density at radius 3 is 2.35 bits per heavy atom. The van der Waals surface area contributed by atoms with E-state index in [0.29, 0.717) is 25.2 Å². The Hall–Kier alpha value is -2.80. The summed E-state index contributed by atoms with van der Waals surface area (Å²) >= 11 is 0. The normalized spacial score (nSPS) is 20.1. The second kappa shape index (κ2) is 7.61. The molecule has 0 unspecified atom stereocenters. The van der Waals surface area contributed by atoms with Gasteiger partial charge in [-0.3, -0.25) is 9.69 Å². The average Bonchev–Trinajstić information content (AvgIpc) is 2.98. The fourth-order valence-corrected chi connectivity index (χ4v) is 3.44. The van der Waals surface area contributed by atoms with Crippen molar-refractivity contribution in [1.29, 1.82) is 0 Å². The van der Waals surface area contributed by atoms with Crippen molar-refractivity contribution in [2.75, 3.05) is 13.1 Å². The molecule has 1 aliphatic heterocycles. The highest BCUT2D eigenvalue weighted by Gasteiger charge is 2.38. The Balaban J connectivity index is 1.88. The first-order chi connectivity index (χ1) is 12.4. The van der Waals surface area contributed by atoms with Gasteiger partial charge in [0.25, 0.3) is 5.91 Å². The Bertz CT molecular complexity index is 801. The second-order valence-corrected chi connectivity index (χ2v) is 6.47. The fraction of sp³-hybridized carbons (Fsp3) is 0.263. The first kappa shape index (κ1) is 18.0. The molecule has 0 spiro atoms. The van der Waals surface area contributed by atoms with Crippen molar-refractivity contribution in [2.24, 2.45) is 22.4 Å². The summed E-state index contributed by atoms with van der Waals surface area (Å²) in [5.74, 6) is -3.10. The van der Waals surface area contributed by atoms with Gasteiger partial charge in [0.15, 0.2) is 5.96 Å². The first-order valence-corrected chi connectivity index (χ1v) is 8.28. The zero-order valence-corrected chi connectivity index (χ0v) is 14.1. The number of hydrogen-bond donors (Lipinski definition) is 2. The molecule has 7 heteroatoms. The van der Waals surface area contributed by atoms with Gasteiger partial charge < -0.3 is 11.5 Å². The van der Waals surface area contributed by atoms with Crippen molar-refractivity contribution in [3.05, 3.63) is 71.3 Å². The minimum absolute atomic E-state index is 0.319. The van der Waals surface area contributed by atoms with Crippen molar-refractivity contribution in [3.8, 4) is 0 Å². The summed E-state index contributed by atoms with van der Waals surface area (Å²) in [5, 5.41) is 0. The van der Waals surface area contributed by atoms with Gasteiger partial charge in [-0.25, -0.2) is 8.78 Å². The highest BCUT2D eigenvalue weighted by atomic mass is 19.1. The second-order valence-electron chi connectivity index (χ2n) is 6.47. The standard InChI is InChI=1S/C19H20F2N4O/c20-14-6-13(7-15(21)8-14)16-10-25(9-12-4-2-1-3-5-12)11-17(16)18(26)24-19(22)23/h1-8,16-17H,9-11H2,(H4,22,23,24,26)/t16-,17+/m1/s1. The van der Waals surface area contributed by atoms with Gasteiger partial charge in [-0.1, -0.05) is 30.3 Å². The molecule has 1 fully saturated rings. The molecular formula is C19H20F2N4O. The number of hydrogen-bond acceptors (Lipinski definition) is 2. The lowest BCUT2D eigenvalue weighted by Crippen LogP contribution is -2.28. The smallest absolute Gasteiger partial charge is 0.253 e. The van der Waals surface area contributed by atoms with E-state index in [0.717, 1.165) is 11.6 Å². The Morgan fingerprint density at radius 2 is 1.73 bits per heavy atom. The minimum atomic E-state index is -0.672. The summed E-state index contributed by atoms with van der Waals surface area (Å²) in [7, 11) is 0.